The standard InChI is InChI=1S/C14H14F2N2O2/c1-2-20-14(19)11-4-3-7-18(11)10-6-5-9(8-17)12(15)13(10)16/h5-6,11H,2-4,7H2,1H3. The van der Waals surface area contributed by atoms with Gasteiger partial charge in [0, 0.05) is 6.54 Å². The van der Waals surface area contributed by atoms with Crippen molar-refractivity contribution in [1.82, 2.24) is 0 Å². The van der Waals surface area contributed by atoms with E-state index in [1.54, 1.807) is 13.0 Å². The zero-order valence-electron chi connectivity index (χ0n) is 11.0. The normalized spacial score (nSPS) is 17.9. The minimum absolute atomic E-state index is 0.00273. The topological polar surface area (TPSA) is 53.3 Å². The summed E-state index contributed by atoms with van der Waals surface area (Å²) in [4.78, 5) is 13.3. The molecule has 1 aliphatic heterocycles. The fourth-order valence-corrected chi connectivity index (χ4v) is 2.39. The minimum Gasteiger partial charge on any atom is -0.464 e. The SMILES string of the molecule is CCOC(=O)C1CCCN1c1ccc(C#N)c(F)c1F. The molecule has 0 saturated carbocycles. The quantitative estimate of drug-likeness (QED) is 0.798. The lowest BCUT2D eigenvalue weighted by Crippen LogP contribution is -2.38. The maximum absolute atomic E-state index is 14.0. The summed E-state index contributed by atoms with van der Waals surface area (Å²) in [6.07, 6.45) is 1.24. The minimum atomic E-state index is -1.18. The Bertz CT molecular complexity index is 569. The molecule has 2 rings (SSSR count). The average molecular weight is 280 g/mol. The third-order valence-corrected chi connectivity index (χ3v) is 3.30. The summed E-state index contributed by atoms with van der Waals surface area (Å²) >= 11 is 0. The Morgan fingerprint density at radius 3 is 2.90 bits per heavy atom. The maximum Gasteiger partial charge on any atom is 0.328 e. The summed E-state index contributed by atoms with van der Waals surface area (Å²) in [7, 11) is 0. The van der Waals surface area contributed by atoms with Crippen LogP contribution in [0.2, 0.25) is 0 Å². The molecule has 0 aromatic heterocycles. The summed E-state index contributed by atoms with van der Waals surface area (Å²) in [5.41, 5.74) is -0.352. The van der Waals surface area contributed by atoms with Crippen LogP contribution in [0.5, 0.6) is 0 Å². The monoisotopic (exact) mass is 280 g/mol. The first-order valence-electron chi connectivity index (χ1n) is 6.41. The molecule has 1 fully saturated rings. The van der Waals surface area contributed by atoms with Gasteiger partial charge in [0.2, 0.25) is 0 Å². The number of nitriles is 1. The summed E-state index contributed by atoms with van der Waals surface area (Å²) in [5, 5.41) is 8.66. The van der Waals surface area contributed by atoms with Gasteiger partial charge in [0.25, 0.3) is 0 Å². The van der Waals surface area contributed by atoms with E-state index in [-0.39, 0.29) is 17.9 Å². The van der Waals surface area contributed by atoms with Crippen LogP contribution >= 0.6 is 0 Å². The van der Waals surface area contributed by atoms with Gasteiger partial charge in [-0.05, 0) is 31.9 Å². The Kier molecular flexibility index (Phi) is 4.18. The van der Waals surface area contributed by atoms with Crippen molar-refractivity contribution in [2.24, 2.45) is 0 Å². The molecule has 1 aromatic rings. The first-order valence-corrected chi connectivity index (χ1v) is 6.41. The van der Waals surface area contributed by atoms with E-state index in [1.165, 1.54) is 17.0 Å². The number of anilines is 1. The van der Waals surface area contributed by atoms with Gasteiger partial charge in [-0.2, -0.15) is 5.26 Å². The van der Waals surface area contributed by atoms with Crippen LogP contribution in [0.3, 0.4) is 0 Å². The Morgan fingerprint density at radius 2 is 2.25 bits per heavy atom. The highest BCUT2D eigenvalue weighted by molar-refractivity contribution is 5.81. The summed E-state index contributed by atoms with van der Waals surface area (Å²) in [5.74, 6) is -2.71. The Labute approximate surface area is 115 Å². The smallest absolute Gasteiger partial charge is 0.328 e. The van der Waals surface area contributed by atoms with E-state index in [4.69, 9.17) is 10.00 Å². The molecule has 0 amide bonds. The van der Waals surface area contributed by atoms with Crippen molar-refractivity contribution >= 4 is 11.7 Å². The van der Waals surface area contributed by atoms with Gasteiger partial charge in [0.15, 0.2) is 11.6 Å². The molecule has 106 valence electrons. The number of carbonyl (C=O) groups is 1. The molecule has 1 aromatic carbocycles. The van der Waals surface area contributed by atoms with Crippen molar-refractivity contribution in [3.05, 3.63) is 29.3 Å². The maximum atomic E-state index is 14.0. The van der Waals surface area contributed by atoms with E-state index < -0.39 is 23.6 Å². The number of rotatable bonds is 3. The molecule has 1 aliphatic rings. The molecule has 1 atom stereocenters. The Balaban J connectivity index is 2.34. The van der Waals surface area contributed by atoms with Crippen molar-refractivity contribution in [2.75, 3.05) is 18.1 Å². The second kappa shape index (κ2) is 5.87. The van der Waals surface area contributed by atoms with Crippen molar-refractivity contribution in [2.45, 2.75) is 25.8 Å². The third kappa shape index (κ3) is 2.44. The second-order valence-electron chi connectivity index (χ2n) is 4.48. The predicted molar refractivity (Wildman–Crippen MR) is 68.1 cm³/mol. The van der Waals surface area contributed by atoms with E-state index >= 15 is 0 Å². The highest BCUT2D eigenvalue weighted by Crippen LogP contribution is 2.30. The van der Waals surface area contributed by atoms with Gasteiger partial charge in [0.05, 0.1) is 17.9 Å². The van der Waals surface area contributed by atoms with Crippen LogP contribution in [0.15, 0.2) is 12.1 Å². The number of esters is 1. The number of ether oxygens (including phenoxy) is 1. The highest BCUT2D eigenvalue weighted by atomic mass is 19.2. The van der Waals surface area contributed by atoms with Gasteiger partial charge < -0.3 is 9.64 Å². The largest absolute Gasteiger partial charge is 0.464 e. The van der Waals surface area contributed by atoms with Crippen LogP contribution in [0, 0.1) is 23.0 Å². The molecular formula is C14H14F2N2O2. The Hall–Kier alpha value is -2.16. The fraction of sp³-hybridized carbons (Fsp3) is 0.429. The first kappa shape index (κ1) is 14.3. The molecular weight excluding hydrogens is 266 g/mol. The van der Waals surface area contributed by atoms with Crippen LogP contribution < -0.4 is 4.90 Å². The molecule has 1 heterocycles. The van der Waals surface area contributed by atoms with E-state index in [1.807, 2.05) is 0 Å². The Morgan fingerprint density at radius 1 is 1.50 bits per heavy atom. The molecule has 1 unspecified atom stereocenters. The molecule has 6 heteroatoms. The van der Waals surface area contributed by atoms with Crippen molar-refractivity contribution in [3.8, 4) is 6.07 Å². The third-order valence-electron chi connectivity index (χ3n) is 3.30. The summed E-state index contributed by atoms with van der Waals surface area (Å²) < 4.78 is 32.6. The fourth-order valence-electron chi connectivity index (χ4n) is 2.39. The van der Waals surface area contributed by atoms with Crippen LogP contribution in [0.1, 0.15) is 25.3 Å². The summed E-state index contributed by atoms with van der Waals surface area (Å²) in [6, 6.07) is 3.53. The molecule has 0 aliphatic carbocycles. The van der Waals surface area contributed by atoms with Crippen molar-refractivity contribution < 1.29 is 18.3 Å². The van der Waals surface area contributed by atoms with E-state index in [2.05, 4.69) is 0 Å². The zero-order valence-corrected chi connectivity index (χ0v) is 11.0. The predicted octanol–water partition coefficient (Wildman–Crippen LogP) is 2.37. The molecule has 20 heavy (non-hydrogen) atoms. The molecule has 0 spiro atoms. The summed E-state index contributed by atoms with van der Waals surface area (Å²) in [6.45, 7) is 2.39. The van der Waals surface area contributed by atoms with Crippen LogP contribution in [-0.4, -0.2) is 25.2 Å². The van der Waals surface area contributed by atoms with Gasteiger partial charge in [-0.25, -0.2) is 13.6 Å². The molecule has 0 bridgehead atoms. The van der Waals surface area contributed by atoms with Gasteiger partial charge in [0.1, 0.15) is 12.1 Å². The van der Waals surface area contributed by atoms with Gasteiger partial charge in [-0.3, -0.25) is 0 Å². The van der Waals surface area contributed by atoms with E-state index in [0.29, 0.717) is 19.4 Å². The lowest BCUT2D eigenvalue weighted by molar-refractivity contribution is -0.144. The van der Waals surface area contributed by atoms with Crippen LogP contribution in [-0.2, 0) is 9.53 Å². The molecule has 4 nitrogen and oxygen atoms in total. The van der Waals surface area contributed by atoms with Gasteiger partial charge in [-0.15, -0.1) is 0 Å². The second-order valence-corrected chi connectivity index (χ2v) is 4.48. The number of nitrogens with zero attached hydrogens (tertiary/aromatic N) is 2. The first-order chi connectivity index (χ1) is 9.60. The molecule has 1 saturated heterocycles. The van der Waals surface area contributed by atoms with E-state index in [9.17, 15) is 13.6 Å². The molecule has 0 N–H and O–H groups in total. The van der Waals surface area contributed by atoms with Crippen LogP contribution in [0.25, 0.3) is 0 Å². The van der Waals surface area contributed by atoms with Crippen LogP contribution in [0.4, 0.5) is 14.5 Å². The number of carbonyl (C=O) groups excluding carboxylic acids is 1. The average Bonchev–Trinajstić information content (AvgIpc) is 2.91. The van der Waals surface area contributed by atoms with Crippen molar-refractivity contribution in [3.63, 3.8) is 0 Å². The van der Waals surface area contributed by atoms with E-state index in [0.717, 1.165) is 0 Å². The number of halogens is 2. The van der Waals surface area contributed by atoms with Crippen molar-refractivity contribution in [1.29, 1.82) is 5.26 Å². The lowest BCUT2D eigenvalue weighted by Gasteiger charge is -2.25. The zero-order chi connectivity index (χ0) is 14.7. The van der Waals surface area contributed by atoms with Gasteiger partial charge >= 0.3 is 5.97 Å². The molecule has 0 radical (unpaired) electrons. The number of hydrogen-bond donors (Lipinski definition) is 0. The lowest BCUT2D eigenvalue weighted by atomic mass is 10.1. The number of hydrogen-bond acceptors (Lipinski definition) is 4. The van der Waals surface area contributed by atoms with Gasteiger partial charge in [-0.1, -0.05) is 0 Å². The highest BCUT2D eigenvalue weighted by Gasteiger charge is 2.34. The number of benzene rings is 1.